The van der Waals surface area contributed by atoms with Crippen molar-refractivity contribution in [3.63, 3.8) is 0 Å². The van der Waals surface area contributed by atoms with Gasteiger partial charge in [0.1, 0.15) is 12.2 Å². The molecular weight excluding hydrogens is 390 g/mol. The number of hydrogen-bond acceptors (Lipinski definition) is 9. The molecule has 0 spiro atoms. The van der Waals surface area contributed by atoms with E-state index in [4.69, 9.17) is 14.6 Å². The van der Waals surface area contributed by atoms with Gasteiger partial charge in [0, 0.05) is 12.3 Å². The summed E-state index contributed by atoms with van der Waals surface area (Å²) < 4.78 is 6.32. The van der Waals surface area contributed by atoms with E-state index in [0.29, 0.717) is 5.06 Å². The van der Waals surface area contributed by atoms with Crippen LogP contribution < -0.4 is 11.2 Å². The fourth-order valence-electron chi connectivity index (χ4n) is 3.17. The fourth-order valence-corrected chi connectivity index (χ4v) is 3.17. The molecule has 12 nitrogen and oxygen atoms in total. The summed E-state index contributed by atoms with van der Waals surface area (Å²) in [7, 11) is 0. The number of hydrogen-bond donors (Lipinski definition) is 3. The molecular formula is C17H15N3O9. The Morgan fingerprint density at radius 3 is 2.31 bits per heavy atom. The van der Waals surface area contributed by atoms with E-state index >= 15 is 0 Å². The van der Waals surface area contributed by atoms with Crippen molar-refractivity contribution >= 4 is 11.8 Å². The van der Waals surface area contributed by atoms with Crippen molar-refractivity contribution in [3.8, 4) is 0 Å². The van der Waals surface area contributed by atoms with Crippen molar-refractivity contribution in [1.82, 2.24) is 14.6 Å². The van der Waals surface area contributed by atoms with E-state index in [1.165, 1.54) is 12.1 Å². The highest BCUT2D eigenvalue weighted by atomic mass is 17.3. The first-order chi connectivity index (χ1) is 13.9. The van der Waals surface area contributed by atoms with Gasteiger partial charge in [-0.25, -0.2) is 9.68 Å². The maximum Gasteiger partial charge on any atom is 0.330 e. The number of ether oxygens (including phenoxy) is 1. The molecule has 3 N–H and O–H groups in total. The SMILES string of the molecule is O=C1c2ccccc2C(=O)N1OOC1C(O)[C@H](n2ccc(=O)[nH]c2=O)O[C@@H]1CO. The van der Waals surface area contributed by atoms with Crippen LogP contribution in [-0.4, -0.2) is 61.6 Å². The minimum atomic E-state index is -1.54. The quantitative estimate of drug-likeness (QED) is 0.300. The molecule has 2 aromatic rings. The lowest BCUT2D eigenvalue weighted by Crippen LogP contribution is -2.41. The van der Waals surface area contributed by atoms with E-state index in [-0.39, 0.29) is 11.1 Å². The molecule has 12 heteroatoms. The normalized spacial score (nSPS) is 26.2. The lowest BCUT2D eigenvalue weighted by Gasteiger charge is -2.20. The number of aliphatic hydroxyl groups is 2. The number of benzene rings is 1. The second-order valence-corrected chi connectivity index (χ2v) is 6.34. The maximum absolute atomic E-state index is 12.3. The minimum Gasteiger partial charge on any atom is -0.394 e. The Bertz CT molecular complexity index is 1040. The van der Waals surface area contributed by atoms with Gasteiger partial charge in [0.15, 0.2) is 12.3 Å². The zero-order chi connectivity index (χ0) is 20.7. The molecule has 2 amide bonds. The molecule has 4 atom stereocenters. The summed E-state index contributed by atoms with van der Waals surface area (Å²) in [5.74, 6) is -1.51. The van der Waals surface area contributed by atoms with Crippen molar-refractivity contribution in [1.29, 1.82) is 0 Å². The van der Waals surface area contributed by atoms with Gasteiger partial charge in [0.2, 0.25) is 0 Å². The summed E-state index contributed by atoms with van der Waals surface area (Å²) >= 11 is 0. The summed E-state index contributed by atoms with van der Waals surface area (Å²) in [5, 5.41) is 20.4. The van der Waals surface area contributed by atoms with E-state index in [2.05, 4.69) is 0 Å². The number of nitrogens with one attached hydrogen (secondary N) is 1. The monoisotopic (exact) mass is 405 g/mol. The Hall–Kier alpha value is -3.16. The summed E-state index contributed by atoms with van der Waals surface area (Å²) in [5.41, 5.74) is -1.24. The third-order valence-electron chi connectivity index (χ3n) is 4.60. The standard InChI is InChI=1S/C17H15N3O9/c21-7-10-13(12(23)16(27-10)19-6-5-11(22)18-17(19)26)28-29-20-14(24)8-3-1-2-4-9(8)15(20)25/h1-6,10,12-13,16,21,23H,7H2,(H,18,22,26)/t10-,12?,13?,16-/m1/s1. The Morgan fingerprint density at radius 2 is 1.72 bits per heavy atom. The minimum absolute atomic E-state index is 0.126. The van der Waals surface area contributed by atoms with Crippen LogP contribution in [0.25, 0.3) is 0 Å². The van der Waals surface area contributed by atoms with E-state index in [0.717, 1.165) is 16.8 Å². The smallest absolute Gasteiger partial charge is 0.330 e. The van der Waals surface area contributed by atoms with Gasteiger partial charge in [0.25, 0.3) is 17.4 Å². The number of imide groups is 1. The van der Waals surface area contributed by atoms with Crippen molar-refractivity contribution in [2.75, 3.05) is 6.61 Å². The molecule has 0 radical (unpaired) electrons. The fraction of sp³-hybridized carbons (Fsp3) is 0.294. The van der Waals surface area contributed by atoms with Crippen molar-refractivity contribution < 1.29 is 34.4 Å². The molecule has 1 saturated heterocycles. The number of fused-ring (bicyclic) bond motifs is 1. The van der Waals surface area contributed by atoms with Crippen LogP contribution >= 0.6 is 0 Å². The number of aromatic amines is 1. The zero-order valence-electron chi connectivity index (χ0n) is 14.6. The van der Waals surface area contributed by atoms with Crippen LogP contribution in [0.4, 0.5) is 0 Å². The van der Waals surface area contributed by atoms with Crippen LogP contribution in [0.2, 0.25) is 0 Å². The molecule has 2 aliphatic heterocycles. The third kappa shape index (κ3) is 3.18. The van der Waals surface area contributed by atoms with Crippen molar-refractivity contribution in [2.24, 2.45) is 0 Å². The summed E-state index contributed by atoms with van der Waals surface area (Å²) in [4.78, 5) is 59.6. The molecule has 1 fully saturated rings. The molecule has 0 bridgehead atoms. The highest BCUT2D eigenvalue weighted by molar-refractivity contribution is 6.20. The first-order valence-electron chi connectivity index (χ1n) is 8.49. The van der Waals surface area contributed by atoms with Crippen LogP contribution in [0, 0.1) is 0 Å². The molecule has 29 heavy (non-hydrogen) atoms. The topological polar surface area (TPSA) is 160 Å². The van der Waals surface area contributed by atoms with E-state index < -0.39 is 54.2 Å². The Kier molecular flexibility index (Phi) is 4.86. The van der Waals surface area contributed by atoms with E-state index in [1.54, 1.807) is 12.1 Å². The summed E-state index contributed by atoms with van der Waals surface area (Å²) in [6.45, 7) is -0.623. The van der Waals surface area contributed by atoms with Gasteiger partial charge in [-0.3, -0.25) is 23.9 Å². The van der Waals surface area contributed by atoms with Gasteiger partial charge in [-0.1, -0.05) is 17.1 Å². The number of rotatable bonds is 5. The predicted octanol–water partition coefficient (Wildman–Crippen LogP) is -1.68. The van der Waals surface area contributed by atoms with Gasteiger partial charge in [-0.05, 0) is 12.1 Å². The number of nitrogens with zero attached hydrogens (tertiary/aromatic N) is 2. The van der Waals surface area contributed by atoms with Crippen LogP contribution in [0.5, 0.6) is 0 Å². The van der Waals surface area contributed by atoms with Gasteiger partial charge in [-0.15, -0.1) is 5.06 Å². The number of hydroxylamine groups is 2. The van der Waals surface area contributed by atoms with Gasteiger partial charge in [-0.2, -0.15) is 0 Å². The average Bonchev–Trinajstić information content (AvgIpc) is 3.15. The lowest BCUT2D eigenvalue weighted by atomic mass is 10.1. The second kappa shape index (κ2) is 7.35. The number of aliphatic hydroxyl groups excluding tert-OH is 2. The molecule has 152 valence electrons. The molecule has 4 rings (SSSR count). The maximum atomic E-state index is 12.3. The Morgan fingerprint density at radius 1 is 1.07 bits per heavy atom. The molecule has 1 aromatic heterocycles. The van der Waals surface area contributed by atoms with Gasteiger partial charge >= 0.3 is 5.69 Å². The third-order valence-corrected chi connectivity index (χ3v) is 4.60. The first kappa shape index (κ1) is 19.2. The molecule has 3 heterocycles. The first-order valence-corrected chi connectivity index (χ1v) is 8.49. The largest absolute Gasteiger partial charge is 0.394 e. The van der Waals surface area contributed by atoms with Gasteiger partial charge in [0.05, 0.1) is 17.7 Å². The summed E-state index contributed by atoms with van der Waals surface area (Å²) in [6.07, 6.45) is -4.24. The van der Waals surface area contributed by atoms with Crippen LogP contribution in [0.15, 0.2) is 46.1 Å². The zero-order valence-corrected chi connectivity index (χ0v) is 14.6. The van der Waals surface area contributed by atoms with E-state index in [9.17, 15) is 29.4 Å². The highest BCUT2D eigenvalue weighted by Crippen LogP contribution is 2.31. The lowest BCUT2D eigenvalue weighted by molar-refractivity contribution is -0.417. The number of H-pyrrole nitrogens is 1. The Labute approximate surface area is 161 Å². The molecule has 2 unspecified atom stereocenters. The number of amides is 2. The molecule has 1 aromatic carbocycles. The number of carbonyl (C=O) groups is 2. The molecule has 2 aliphatic rings. The van der Waals surface area contributed by atoms with Crippen LogP contribution in [-0.2, 0) is 14.6 Å². The number of aromatic nitrogens is 2. The average molecular weight is 405 g/mol. The van der Waals surface area contributed by atoms with Crippen LogP contribution in [0.1, 0.15) is 26.9 Å². The summed E-state index contributed by atoms with van der Waals surface area (Å²) in [6, 6.07) is 7.10. The molecule has 0 aliphatic carbocycles. The molecule has 0 saturated carbocycles. The second-order valence-electron chi connectivity index (χ2n) is 6.34. The highest BCUT2D eigenvalue weighted by Gasteiger charge is 2.48. The number of carbonyl (C=O) groups excluding carboxylic acids is 2. The van der Waals surface area contributed by atoms with Crippen LogP contribution in [0.3, 0.4) is 0 Å². The Balaban J connectivity index is 1.51. The van der Waals surface area contributed by atoms with Crippen molar-refractivity contribution in [2.45, 2.75) is 24.5 Å². The van der Waals surface area contributed by atoms with Gasteiger partial charge < -0.3 is 14.9 Å². The van der Waals surface area contributed by atoms with Crippen molar-refractivity contribution in [3.05, 3.63) is 68.5 Å². The van der Waals surface area contributed by atoms with E-state index in [1.807, 2.05) is 4.98 Å². The predicted molar refractivity (Wildman–Crippen MR) is 91.2 cm³/mol.